The largest absolute Gasteiger partial charge is 0.441 e. The van der Waals surface area contributed by atoms with Crippen molar-refractivity contribution in [3.63, 3.8) is 0 Å². The fraction of sp³-hybridized carbons (Fsp3) is 0.333. The Balaban J connectivity index is 1.67. The minimum absolute atomic E-state index is 0.0693. The number of piperazine rings is 1. The summed E-state index contributed by atoms with van der Waals surface area (Å²) in [4.78, 5) is 27.8. The lowest BCUT2D eigenvalue weighted by Gasteiger charge is -2.36. The van der Waals surface area contributed by atoms with Crippen molar-refractivity contribution in [1.82, 2.24) is 4.90 Å². The molecule has 1 aliphatic heterocycles. The summed E-state index contributed by atoms with van der Waals surface area (Å²) in [5.74, 6) is -0.314. The summed E-state index contributed by atoms with van der Waals surface area (Å²) in [5.41, 5.74) is 5.32. The number of carbonyl (C=O) groups excluding carboxylic acids is 2. The number of rotatable bonds is 5. The van der Waals surface area contributed by atoms with Crippen molar-refractivity contribution in [1.29, 1.82) is 0 Å². The molecule has 1 saturated heterocycles. The van der Waals surface area contributed by atoms with Crippen LogP contribution in [-0.4, -0.2) is 43.1 Å². The molecule has 0 aromatic heterocycles. The zero-order valence-corrected chi connectivity index (χ0v) is 16.1. The molecule has 1 aliphatic rings. The van der Waals surface area contributed by atoms with Crippen LogP contribution in [0.3, 0.4) is 0 Å². The Kier molecular flexibility index (Phi) is 6.49. The van der Waals surface area contributed by atoms with E-state index in [-0.39, 0.29) is 17.9 Å². The van der Waals surface area contributed by atoms with Gasteiger partial charge in [0.2, 0.25) is 5.91 Å². The van der Waals surface area contributed by atoms with Gasteiger partial charge >= 0.3 is 12.3 Å². The van der Waals surface area contributed by atoms with Crippen molar-refractivity contribution in [3.8, 4) is 0 Å². The van der Waals surface area contributed by atoms with E-state index in [1.165, 1.54) is 12.1 Å². The van der Waals surface area contributed by atoms with Crippen LogP contribution in [0.4, 0.5) is 23.7 Å². The molecule has 2 aromatic carbocycles. The monoisotopic (exact) mass is 421 g/mol. The molecule has 2 amide bonds. The van der Waals surface area contributed by atoms with E-state index in [2.05, 4.69) is 4.90 Å². The summed E-state index contributed by atoms with van der Waals surface area (Å²) >= 11 is 0. The summed E-state index contributed by atoms with van der Waals surface area (Å²) in [7, 11) is 0. The van der Waals surface area contributed by atoms with Crippen molar-refractivity contribution < 1.29 is 27.5 Å². The molecule has 1 heterocycles. The molecule has 3 rings (SSSR count). The number of hydrogen-bond acceptors (Lipinski definition) is 4. The average Bonchev–Trinajstić information content (AvgIpc) is 2.73. The van der Waals surface area contributed by atoms with Crippen LogP contribution in [0.5, 0.6) is 0 Å². The van der Waals surface area contributed by atoms with E-state index < -0.39 is 23.9 Å². The van der Waals surface area contributed by atoms with E-state index in [0.29, 0.717) is 26.2 Å². The van der Waals surface area contributed by atoms with Gasteiger partial charge in [-0.2, -0.15) is 13.2 Å². The number of halogens is 3. The second kappa shape index (κ2) is 9.06. The number of carbonyl (C=O) groups is 2. The third-order valence-corrected chi connectivity index (χ3v) is 4.96. The fourth-order valence-electron chi connectivity index (χ4n) is 3.42. The third kappa shape index (κ3) is 5.43. The lowest BCUT2D eigenvalue weighted by Crippen LogP contribution is -2.49. The van der Waals surface area contributed by atoms with Crippen molar-refractivity contribution in [2.24, 2.45) is 5.73 Å². The molecule has 0 bridgehead atoms. The number of anilines is 1. The number of para-hydroxylation sites is 1. The highest BCUT2D eigenvalue weighted by molar-refractivity contribution is 5.78. The van der Waals surface area contributed by atoms with Gasteiger partial charge in [-0.1, -0.05) is 30.3 Å². The van der Waals surface area contributed by atoms with E-state index in [9.17, 15) is 22.8 Å². The predicted octanol–water partition coefficient (Wildman–Crippen LogP) is 3.58. The van der Waals surface area contributed by atoms with E-state index in [1.807, 2.05) is 30.3 Å². The molecule has 30 heavy (non-hydrogen) atoms. The maximum absolute atomic E-state index is 13.0. The van der Waals surface area contributed by atoms with Crippen molar-refractivity contribution in [2.75, 3.05) is 31.1 Å². The number of amides is 2. The second-order valence-electron chi connectivity index (χ2n) is 6.96. The standard InChI is InChI=1S/C21H22F3N3O3/c22-21(23,24)16-6-4-5-15(13-16)18(30-20(25)29)14-19(28)27-11-9-26(10-12-27)17-7-2-1-3-8-17/h1-8,13,18H,9-12,14H2,(H2,25,29). The topological polar surface area (TPSA) is 75.9 Å². The van der Waals surface area contributed by atoms with Gasteiger partial charge in [-0.15, -0.1) is 0 Å². The minimum Gasteiger partial charge on any atom is -0.441 e. The smallest absolute Gasteiger partial charge is 0.416 e. The van der Waals surface area contributed by atoms with Crippen LogP contribution in [0.2, 0.25) is 0 Å². The van der Waals surface area contributed by atoms with E-state index >= 15 is 0 Å². The van der Waals surface area contributed by atoms with E-state index in [0.717, 1.165) is 17.8 Å². The molecule has 160 valence electrons. The zero-order chi connectivity index (χ0) is 21.7. The Labute approximate surface area is 172 Å². The summed E-state index contributed by atoms with van der Waals surface area (Å²) in [6, 6.07) is 14.1. The molecular formula is C21H22F3N3O3. The first kappa shape index (κ1) is 21.5. The number of benzene rings is 2. The Morgan fingerprint density at radius 1 is 1.00 bits per heavy atom. The van der Waals surface area contributed by atoms with E-state index in [1.54, 1.807) is 4.90 Å². The number of nitrogens with two attached hydrogens (primary N) is 1. The summed E-state index contributed by atoms with van der Waals surface area (Å²) in [6.07, 6.45) is -7.18. The first-order chi connectivity index (χ1) is 14.2. The normalized spacial score (nSPS) is 15.6. The van der Waals surface area contributed by atoms with Crippen LogP contribution in [0, 0.1) is 0 Å². The van der Waals surface area contributed by atoms with Crippen LogP contribution in [0.1, 0.15) is 23.7 Å². The van der Waals surface area contributed by atoms with Crippen LogP contribution in [0.25, 0.3) is 0 Å². The molecule has 1 atom stereocenters. The lowest BCUT2D eigenvalue weighted by molar-refractivity contribution is -0.137. The fourth-order valence-corrected chi connectivity index (χ4v) is 3.42. The van der Waals surface area contributed by atoms with Gasteiger partial charge in [-0.25, -0.2) is 4.79 Å². The molecule has 6 nitrogen and oxygen atoms in total. The molecule has 1 fully saturated rings. The minimum atomic E-state index is -4.55. The first-order valence-electron chi connectivity index (χ1n) is 9.45. The molecule has 0 saturated carbocycles. The van der Waals surface area contributed by atoms with Crippen molar-refractivity contribution >= 4 is 17.7 Å². The highest BCUT2D eigenvalue weighted by Crippen LogP contribution is 2.32. The van der Waals surface area contributed by atoms with Crippen LogP contribution in [0.15, 0.2) is 54.6 Å². The zero-order valence-electron chi connectivity index (χ0n) is 16.1. The highest BCUT2D eigenvalue weighted by Gasteiger charge is 2.32. The molecule has 0 spiro atoms. The summed E-state index contributed by atoms with van der Waals surface area (Å²) in [6.45, 7) is 2.17. The molecule has 2 N–H and O–H groups in total. The highest BCUT2D eigenvalue weighted by atomic mass is 19.4. The maximum Gasteiger partial charge on any atom is 0.416 e. The predicted molar refractivity (Wildman–Crippen MR) is 105 cm³/mol. The summed E-state index contributed by atoms with van der Waals surface area (Å²) in [5, 5.41) is 0. The van der Waals surface area contributed by atoms with Crippen LogP contribution in [-0.2, 0) is 15.7 Å². The SMILES string of the molecule is NC(=O)OC(CC(=O)N1CCN(c2ccccc2)CC1)c1cccc(C(F)(F)F)c1. The van der Waals surface area contributed by atoms with Crippen molar-refractivity contribution in [2.45, 2.75) is 18.7 Å². The Morgan fingerprint density at radius 2 is 1.67 bits per heavy atom. The molecular weight excluding hydrogens is 399 g/mol. The Hall–Kier alpha value is -3.23. The molecule has 2 aromatic rings. The van der Waals surface area contributed by atoms with Gasteiger partial charge in [0, 0.05) is 31.9 Å². The number of hydrogen-bond donors (Lipinski definition) is 1. The third-order valence-electron chi connectivity index (χ3n) is 4.96. The Bertz CT molecular complexity index is 882. The molecule has 0 radical (unpaired) electrons. The second-order valence-corrected chi connectivity index (χ2v) is 6.96. The van der Waals surface area contributed by atoms with E-state index in [4.69, 9.17) is 10.5 Å². The van der Waals surface area contributed by atoms with Gasteiger partial charge in [-0.05, 0) is 29.8 Å². The number of nitrogens with zero attached hydrogens (tertiary/aromatic N) is 2. The number of alkyl halides is 3. The van der Waals surface area contributed by atoms with Crippen molar-refractivity contribution in [3.05, 3.63) is 65.7 Å². The maximum atomic E-state index is 13.0. The Morgan fingerprint density at radius 3 is 2.27 bits per heavy atom. The summed E-state index contributed by atoms with van der Waals surface area (Å²) < 4.78 is 44.0. The quantitative estimate of drug-likeness (QED) is 0.801. The average molecular weight is 421 g/mol. The van der Waals surface area contributed by atoms with Gasteiger partial charge in [0.1, 0.15) is 6.10 Å². The van der Waals surface area contributed by atoms with Gasteiger partial charge in [-0.3, -0.25) is 4.79 Å². The number of ether oxygens (including phenoxy) is 1. The number of primary amides is 1. The first-order valence-corrected chi connectivity index (χ1v) is 9.45. The van der Waals surface area contributed by atoms with Gasteiger partial charge in [0.05, 0.1) is 12.0 Å². The molecule has 9 heteroatoms. The van der Waals surface area contributed by atoms with Gasteiger partial charge in [0.15, 0.2) is 0 Å². The van der Waals surface area contributed by atoms with Crippen LogP contribution >= 0.6 is 0 Å². The lowest BCUT2D eigenvalue weighted by atomic mass is 10.0. The van der Waals surface area contributed by atoms with Gasteiger partial charge in [0.25, 0.3) is 0 Å². The molecule has 0 aliphatic carbocycles. The molecule has 1 unspecified atom stereocenters. The van der Waals surface area contributed by atoms with Crippen LogP contribution < -0.4 is 10.6 Å². The van der Waals surface area contributed by atoms with Gasteiger partial charge < -0.3 is 20.3 Å².